The Labute approximate surface area is 104 Å². The molecule has 1 amide bonds. The molecule has 0 bridgehead atoms. The van der Waals surface area contributed by atoms with E-state index in [2.05, 4.69) is 10.1 Å². The average Bonchev–Trinajstić information content (AvgIpc) is 2.29. The van der Waals surface area contributed by atoms with E-state index in [1.54, 1.807) is 12.1 Å². The second kappa shape index (κ2) is 6.10. The Kier molecular flexibility index (Phi) is 4.78. The first-order valence-corrected chi connectivity index (χ1v) is 5.15. The van der Waals surface area contributed by atoms with Crippen LogP contribution in [0.1, 0.15) is 6.42 Å². The summed E-state index contributed by atoms with van der Waals surface area (Å²) in [5.74, 6) is -0.631. The molecule has 0 aliphatic heterocycles. The summed E-state index contributed by atoms with van der Waals surface area (Å²) in [5.41, 5.74) is 0.411. The molecule has 1 aromatic carbocycles. The van der Waals surface area contributed by atoms with E-state index >= 15 is 0 Å². The zero-order valence-corrected chi connectivity index (χ0v) is 10.2. The van der Waals surface area contributed by atoms with Crippen molar-refractivity contribution in [1.29, 1.82) is 0 Å². The van der Waals surface area contributed by atoms with Crippen LogP contribution in [-0.4, -0.2) is 26.1 Å². The molecule has 6 heteroatoms. The topological polar surface area (TPSA) is 64.6 Å². The van der Waals surface area contributed by atoms with Crippen LogP contribution in [0.5, 0.6) is 5.75 Å². The first-order valence-electron chi connectivity index (χ1n) is 4.77. The van der Waals surface area contributed by atoms with Crippen molar-refractivity contribution in [3.05, 3.63) is 23.2 Å². The Morgan fingerprint density at radius 1 is 1.35 bits per heavy atom. The van der Waals surface area contributed by atoms with Crippen molar-refractivity contribution >= 4 is 29.2 Å². The number of amides is 1. The molecule has 0 fully saturated rings. The second-order valence-corrected chi connectivity index (χ2v) is 3.58. The van der Waals surface area contributed by atoms with Gasteiger partial charge in [0.15, 0.2) is 0 Å². The van der Waals surface area contributed by atoms with Gasteiger partial charge in [-0.05, 0) is 18.2 Å². The number of carbonyl (C=O) groups excluding carboxylic acids is 2. The molecule has 1 aromatic rings. The van der Waals surface area contributed by atoms with E-state index in [1.165, 1.54) is 20.3 Å². The predicted molar refractivity (Wildman–Crippen MR) is 63.3 cm³/mol. The number of halogens is 1. The number of methoxy groups -OCH3 is 2. The van der Waals surface area contributed by atoms with Gasteiger partial charge in [0.2, 0.25) is 5.91 Å². The van der Waals surface area contributed by atoms with Gasteiger partial charge in [0.1, 0.15) is 12.2 Å². The molecule has 0 aromatic heterocycles. The molecule has 0 aliphatic carbocycles. The summed E-state index contributed by atoms with van der Waals surface area (Å²) in [5, 5.41) is 2.98. The number of hydrogen-bond acceptors (Lipinski definition) is 4. The van der Waals surface area contributed by atoms with Gasteiger partial charge in [-0.1, -0.05) is 11.6 Å². The SMILES string of the molecule is COC(=O)CC(=O)Nc1cc(Cl)ccc1OC. The lowest BCUT2D eigenvalue weighted by molar-refractivity contribution is -0.142. The van der Waals surface area contributed by atoms with Crippen molar-refractivity contribution in [3.63, 3.8) is 0 Å². The van der Waals surface area contributed by atoms with Gasteiger partial charge in [0.05, 0.1) is 19.9 Å². The lowest BCUT2D eigenvalue weighted by Gasteiger charge is -2.09. The van der Waals surface area contributed by atoms with E-state index in [4.69, 9.17) is 16.3 Å². The summed E-state index contributed by atoms with van der Waals surface area (Å²) >= 11 is 5.79. The molecule has 0 saturated heterocycles. The van der Waals surface area contributed by atoms with Crippen molar-refractivity contribution in [3.8, 4) is 5.75 Å². The van der Waals surface area contributed by atoms with Gasteiger partial charge in [0, 0.05) is 5.02 Å². The zero-order chi connectivity index (χ0) is 12.8. The van der Waals surface area contributed by atoms with E-state index in [0.717, 1.165) is 0 Å². The van der Waals surface area contributed by atoms with Crippen molar-refractivity contribution in [2.45, 2.75) is 6.42 Å². The van der Waals surface area contributed by atoms with Crippen molar-refractivity contribution in [2.75, 3.05) is 19.5 Å². The van der Waals surface area contributed by atoms with Crippen molar-refractivity contribution < 1.29 is 19.1 Å². The number of hydrogen-bond donors (Lipinski definition) is 1. The smallest absolute Gasteiger partial charge is 0.315 e. The fourth-order valence-corrected chi connectivity index (χ4v) is 1.35. The van der Waals surface area contributed by atoms with Gasteiger partial charge >= 0.3 is 5.97 Å². The van der Waals surface area contributed by atoms with Gasteiger partial charge < -0.3 is 14.8 Å². The maximum absolute atomic E-state index is 11.5. The average molecular weight is 258 g/mol. The van der Waals surface area contributed by atoms with Crippen LogP contribution in [0.2, 0.25) is 5.02 Å². The zero-order valence-electron chi connectivity index (χ0n) is 9.45. The highest BCUT2D eigenvalue weighted by Gasteiger charge is 2.12. The molecule has 0 atom stereocenters. The number of esters is 1. The first kappa shape index (κ1) is 13.3. The van der Waals surface area contributed by atoms with Gasteiger partial charge in [0.25, 0.3) is 0 Å². The molecule has 92 valence electrons. The normalized spacial score (nSPS) is 9.59. The third-order valence-electron chi connectivity index (χ3n) is 1.97. The van der Waals surface area contributed by atoms with Crippen molar-refractivity contribution in [1.82, 2.24) is 0 Å². The van der Waals surface area contributed by atoms with Gasteiger partial charge in [-0.2, -0.15) is 0 Å². The second-order valence-electron chi connectivity index (χ2n) is 3.15. The van der Waals surface area contributed by atoms with Crippen molar-refractivity contribution in [2.24, 2.45) is 0 Å². The van der Waals surface area contributed by atoms with Crippen LogP contribution < -0.4 is 10.1 Å². The van der Waals surface area contributed by atoms with E-state index in [1.807, 2.05) is 0 Å². The Balaban J connectivity index is 2.76. The third-order valence-corrected chi connectivity index (χ3v) is 2.20. The molecular weight excluding hydrogens is 246 g/mol. The lowest BCUT2D eigenvalue weighted by Crippen LogP contribution is -2.17. The first-order chi connectivity index (χ1) is 8.06. The molecular formula is C11H12ClNO4. The molecule has 17 heavy (non-hydrogen) atoms. The van der Waals surface area contributed by atoms with Crippen LogP contribution in [0.15, 0.2) is 18.2 Å². The third kappa shape index (κ3) is 3.96. The molecule has 1 N–H and O–H groups in total. The molecule has 0 spiro atoms. The summed E-state index contributed by atoms with van der Waals surface area (Å²) < 4.78 is 9.42. The standard InChI is InChI=1S/C11H12ClNO4/c1-16-9-4-3-7(12)5-8(9)13-10(14)6-11(15)17-2/h3-5H,6H2,1-2H3,(H,13,14). The highest BCUT2D eigenvalue weighted by Crippen LogP contribution is 2.27. The van der Waals surface area contributed by atoms with E-state index < -0.39 is 11.9 Å². The Bertz CT molecular complexity index is 433. The fourth-order valence-electron chi connectivity index (χ4n) is 1.18. The number of nitrogens with one attached hydrogen (secondary N) is 1. The summed E-state index contributed by atoms with van der Waals surface area (Å²) in [6.07, 6.45) is -0.355. The summed E-state index contributed by atoms with van der Waals surface area (Å²) in [4.78, 5) is 22.3. The molecule has 0 unspecified atom stereocenters. The fraction of sp³-hybridized carbons (Fsp3) is 0.273. The minimum absolute atomic E-state index is 0.355. The molecule has 0 radical (unpaired) electrons. The number of anilines is 1. The van der Waals surface area contributed by atoms with E-state index in [0.29, 0.717) is 16.5 Å². The lowest BCUT2D eigenvalue weighted by atomic mass is 10.2. The summed E-state index contributed by atoms with van der Waals surface area (Å²) in [6.45, 7) is 0. The largest absolute Gasteiger partial charge is 0.495 e. The molecule has 1 rings (SSSR count). The number of rotatable bonds is 4. The maximum atomic E-state index is 11.5. The molecule has 5 nitrogen and oxygen atoms in total. The number of ether oxygens (including phenoxy) is 2. The quantitative estimate of drug-likeness (QED) is 0.660. The van der Waals surface area contributed by atoms with Crippen LogP contribution in [-0.2, 0) is 14.3 Å². The predicted octanol–water partition coefficient (Wildman–Crippen LogP) is 1.85. The van der Waals surface area contributed by atoms with Crippen LogP contribution in [0.25, 0.3) is 0 Å². The molecule has 0 heterocycles. The number of benzene rings is 1. The van der Waals surface area contributed by atoms with Gasteiger partial charge in [-0.25, -0.2) is 0 Å². The minimum Gasteiger partial charge on any atom is -0.495 e. The Hall–Kier alpha value is -1.75. The van der Waals surface area contributed by atoms with Gasteiger partial charge in [-0.15, -0.1) is 0 Å². The maximum Gasteiger partial charge on any atom is 0.315 e. The Morgan fingerprint density at radius 2 is 2.06 bits per heavy atom. The molecule has 0 aliphatic rings. The summed E-state index contributed by atoms with van der Waals surface area (Å²) in [6, 6.07) is 4.79. The minimum atomic E-state index is -0.608. The van der Waals surface area contributed by atoms with Gasteiger partial charge in [-0.3, -0.25) is 9.59 Å². The molecule has 0 saturated carbocycles. The Morgan fingerprint density at radius 3 is 2.65 bits per heavy atom. The highest BCUT2D eigenvalue weighted by atomic mass is 35.5. The van der Waals surface area contributed by atoms with Crippen LogP contribution in [0, 0.1) is 0 Å². The highest BCUT2D eigenvalue weighted by molar-refractivity contribution is 6.31. The van der Waals surface area contributed by atoms with E-state index in [-0.39, 0.29) is 6.42 Å². The number of carbonyl (C=O) groups is 2. The monoisotopic (exact) mass is 257 g/mol. The van der Waals surface area contributed by atoms with Crippen LogP contribution in [0.4, 0.5) is 5.69 Å². The van der Waals surface area contributed by atoms with E-state index in [9.17, 15) is 9.59 Å². The van der Waals surface area contributed by atoms with Crippen LogP contribution in [0.3, 0.4) is 0 Å². The van der Waals surface area contributed by atoms with Crippen LogP contribution >= 0.6 is 11.6 Å². The summed E-state index contributed by atoms with van der Waals surface area (Å²) in [7, 11) is 2.69.